The van der Waals surface area contributed by atoms with Crippen LogP contribution in [0.3, 0.4) is 0 Å². The first-order valence-electron chi connectivity index (χ1n) is 4.23. The molecular formula is C8H4ClF3N2O4. The number of carbonyl (C=O) groups is 1. The zero-order valence-electron chi connectivity index (χ0n) is 8.62. The highest BCUT2D eigenvalue weighted by Crippen LogP contribution is 2.32. The highest BCUT2D eigenvalue weighted by Gasteiger charge is 2.36. The Bertz CT molecular complexity index is 518. The van der Waals surface area contributed by atoms with E-state index in [1.807, 2.05) is 0 Å². The molecule has 1 rings (SSSR count). The molecule has 0 unspecified atom stereocenters. The fourth-order valence-corrected chi connectivity index (χ4v) is 1.32. The van der Waals surface area contributed by atoms with Gasteiger partial charge in [-0.25, -0.2) is 4.98 Å². The van der Waals surface area contributed by atoms with Gasteiger partial charge in [-0.2, -0.15) is 0 Å². The molecule has 10 heteroatoms. The van der Waals surface area contributed by atoms with E-state index in [4.69, 9.17) is 11.6 Å². The summed E-state index contributed by atoms with van der Waals surface area (Å²) in [5, 5.41) is 9.16. The molecule has 98 valence electrons. The van der Waals surface area contributed by atoms with E-state index in [0.29, 0.717) is 0 Å². The van der Waals surface area contributed by atoms with E-state index in [0.717, 1.165) is 6.07 Å². The molecule has 0 spiro atoms. The maximum absolute atomic E-state index is 12.1. The number of aryl methyl sites for hydroxylation is 1. The molecule has 0 fully saturated rings. The molecular weight excluding hydrogens is 281 g/mol. The molecule has 0 N–H and O–H groups in total. The molecule has 0 aliphatic heterocycles. The van der Waals surface area contributed by atoms with Crippen LogP contribution >= 0.6 is 11.6 Å². The monoisotopic (exact) mass is 284 g/mol. The van der Waals surface area contributed by atoms with Crippen LogP contribution in [0.25, 0.3) is 0 Å². The Morgan fingerprint density at radius 2 is 2.11 bits per heavy atom. The molecule has 0 radical (unpaired) electrons. The predicted octanol–water partition coefficient (Wildman–Crippen LogP) is 2.58. The Morgan fingerprint density at radius 3 is 2.50 bits per heavy atom. The van der Waals surface area contributed by atoms with Gasteiger partial charge in [0.05, 0.1) is 4.92 Å². The predicted molar refractivity (Wildman–Crippen MR) is 52.5 cm³/mol. The minimum absolute atomic E-state index is 0.123. The Labute approximate surface area is 102 Å². The summed E-state index contributed by atoms with van der Waals surface area (Å²) in [7, 11) is 0. The first kappa shape index (κ1) is 14.2. The molecule has 0 aromatic carbocycles. The van der Waals surface area contributed by atoms with E-state index in [9.17, 15) is 28.1 Å². The fraction of sp³-hybridized carbons (Fsp3) is 0.250. The Balaban J connectivity index is 3.49. The standard InChI is InChI=1S/C8H4ClF3N2O4/c1-3-2-4(14(16)17)5(6(9)15)7(13-3)18-8(10,11)12/h2H,1H3. The van der Waals surface area contributed by atoms with Crippen molar-refractivity contribution in [3.05, 3.63) is 27.4 Å². The van der Waals surface area contributed by atoms with Gasteiger partial charge in [0, 0.05) is 11.8 Å². The number of hydrogen-bond acceptors (Lipinski definition) is 5. The van der Waals surface area contributed by atoms with Crippen LogP contribution in [0, 0.1) is 17.0 Å². The van der Waals surface area contributed by atoms with Gasteiger partial charge >= 0.3 is 6.36 Å². The van der Waals surface area contributed by atoms with Gasteiger partial charge in [-0.05, 0) is 18.5 Å². The van der Waals surface area contributed by atoms with Crippen molar-refractivity contribution in [2.45, 2.75) is 13.3 Å². The van der Waals surface area contributed by atoms with Gasteiger partial charge in [0.1, 0.15) is 0 Å². The van der Waals surface area contributed by atoms with Crippen LogP contribution in [-0.2, 0) is 0 Å². The van der Waals surface area contributed by atoms with Gasteiger partial charge in [-0.3, -0.25) is 14.9 Å². The summed E-state index contributed by atoms with van der Waals surface area (Å²) in [5.74, 6) is -1.24. The quantitative estimate of drug-likeness (QED) is 0.484. The molecule has 0 aliphatic carbocycles. The Morgan fingerprint density at radius 1 is 1.56 bits per heavy atom. The second kappa shape index (κ2) is 4.77. The van der Waals surface area contributed by atoms with Gasteiger partial charge in [-0.15, -0.1) is 13.2 Å². The second-order valence-corrected chi connectivity index (χ2v) is 3.38. The van der Waals surface area contributed by atoms with E-state index < -0.39 is 33.7 Å². The number of hydrogen-bond donors (Lipinski definition) is 0. The molecule has 1 aromatic heterocycles. The average Bonchev–Trinajstić information content (AvgIpc) is 2.12. The molecule has 6 nitrogen and oxygen atoms in total. The minimum atomic E-state index is -5.14. The van der Waals surface area contributed by atoms with Gasteiger partial charge in [0.25, 0.3) is 10.9 Å². The summed E-state index contributed by atoms with van der Waals surface area (Å²) in [6.45, 7) is 1.21. The van der Waals surface area contributed by atoms with Crippen LogP contribution in [0.15, 0.2) is 6.07 Å². The molecule has 0 bridgehead atoms. The molecule has 1 aromatic rings. The molecule has 0 aliphatic rings. The number of rotatable bonds is 3. The van der Waals surface area contributed by atoms with Crippen LogP contribution in [0.2, 0.25) is 0 Å². The summed E-state index contributed by atoms with van der Waals surface area (Å²) < 4.78 is 39.6. The highest BCUT2D eigenvalue weighted by molar-refractivity contribution is 6.68. The first-order valence-corrected chi connectivity index (χ1v) is 4.61. The topological polar surface area (TPSA) is 82.3 Å². The summed E-state index contributed by atoms with van der Waals surface area (Å²) >= 11 is 5.01. The SMILES string of the molecule is Cc1cc([N+](=O)[O-])c(C(=O)Cl)c(OC(F)(F)F)n1. The maximum atomic E-state index is 12.1. The van der Waals surface area contributed by atoms with Crippen molar-refractivity contribution in [2.75, 3.05) is 0 Å². The number of pyridine rings is 1. The highest BCUT2D eigenvalue weighted by atomic mass is 35.5. The van der Waals surface area contributed by atoms with Crippen molar-refractivity contribution in [3.63, 3.8) is 0 Å². The van der Waals surface area contributed by atoms with Crippen molar-refractivity contribution < 1.29 is 27.6 Å². The smallest absolute Gasteiger partial charge is 0.387 e. The number of nitrogens with zero attached hydrogens (tertiary/aromatic N) is 2. The van der Waals surface area contributed by atoms with Crippen molar-refractivity contribution >= 4 is 22.5 Å². The number of nitro groups is 1. The summed E-state index contributed by atoms with van der Waals surface area (Å²) in [6.07, 6.45) is -5.14. The lowest BCUT2D eigenvalue weighted by Gasteiger charge is -2.10. The molecule has 0 amide bonds. The summed E-state index contributed by atoms with van der Waals surface area (Å²) in [4.78, 5) is 23.8. The van der Waals surface area contributed by atoms with Crippen molar-refractivity contribution in [2.24, 2.45) is 0 Å². The number of alkyl halides is 3. The van der Waals surface area contributed by atoms with Gasteiger partial charge in [0.15, 0.2) is 5.56 Å². The lowest BCUT2D eigenvalue weighted by atomic mass is 10.2. The first-order chi connectivity index (χ1) is 8.11. The molecule has 0 atom stereocenters. The van der Waals surface area contributed by atoms with Gasteiger partial charge in [0.2, 0.25) is 5.88 Å². The average molecular weight is 285 g/mol. The minimum Gasteiger partial charge on any atom is -0.387 e. The third-order valence-electron chi connectivity index (χ3n) is 1.70. The van der Waals surface area contributed by atoms with Crippen molar-refractivity contribution in [1.29, 1.82) is 0 Å². The van der Waals surface area contributed by atoms with Crippen LogP contribution in [0.1, 0.15) is 16.1 Å². The maximum Gasteiger partial charge on any atom is 0.574 e. The van der Waals surface area contributed by atoms with E-state index >= 15 is 0 Å². The second-order valence-electron chi connectivity index (χ2n) is 3.04. The third-order valence-corrected chi connectivity index (χ3v) is 1.89. The van der Waals surface area contributed by atoms with E-state index in [2.05, 4.69) is 9.72 Å². The third kappa shape index (κ3) is 3.29. The fourth-order valence-electron chi connectivity index (χ4n) is 1.14. The number of halogens is 4. The van der Waals surface area contributed by atoms with Crippen molar-refractivity contribution in [1.82, 2.24) is 4.98 Å². The lowest BCUT2D eigenvalue weighted by molar-refractivity contribution is -0.385. The molecule has 0 saturated carbocycles. The van der Waals surface area contributed by atoms with Crippen LogP contribution in [-0.4, -0.2) is 21.5 Å². The van der Waals surface area contributed by atoms with E-state index in [-0.39, 0.29) is 5.69 Å². The van der Waals surface area contributed by atoms with Crippen molar-refractivity contribution in [3.8, 4) is 5.88 Å². The number of carbonyl (C=O) groups excluding carboxylic acids is 1. The van der Waals surface area contributed by atoms with Crippen LogP contribution in [0.4, 0.5) is 18.9 Å². The molecule has 0 saturated heterocycles. The van der Waals surface area contributed by atoms with E-state index in [1.54, 1.807) is 0 Å². The van der Waals surface area contributed by atoms with Gasteiger partial charge < -0.3 is 4.74 Å². The Kier molecular flexibility index (Phi) is 3.75. The van der Waals surface area contributed by atoms with Crippen LogP contribution < -0.4 is 4.74 Å². The Hall–Kier alpha value is -1.90. The number of ether oxygens (including phenoxy) is 1. The largest absolute Gasteiger partial charge is 0.574 e. The zero-order valence-corrected chi connectivity index (χ0v) is 9.37. The summed E-state index contributed by atoms with van der Waals surface area (Å²) in [6, 6.07) is 0.818. The molecule has 18 heavy (non-hydrogen) atoms. The van der Waals surface area contributed by atoms with Gasteiger partial charge in [-0.1, -0.05) is 0 Å². The van der Waals surface area contributed by atoms with Crippen LogP contribution in [0.5, 0.6) is 5.88 Å². The number of aromatic nitrogens is 1. The van der Waals surface area contributed by atoms with E-state index in [1.165, 1.54) is 6.92 Å². The summed E-state index contributed by atoms with van der Waals surface area (Å²) in [5.41, 5.74) is -2.06. The normalized spacial score (nSPS) is 11.2. The lowest BCUT2D eigenvalue weighted by Crippen LogP contribution is -2.20. The zero-order chi connectivity index (χ0) is 14.1. The molecule has 1 heterocycles.